The number of hydrogen-bond acceptors (Lipinski definition) is 2. The molecular formula is C21H25NOS. The first-order valence-corrected chi connectivity index (χ1v) is 9.86. The predicted molar refractivity (Wildman–Crippen MR) is 102 cm³/mol. The van der Waals surface area contributed by atoms with Crippen molar-refractivity contribution in [2.24, 2.45) is 0 Å². The van der Waals surface area contributed by atoms with E-state index in [4.69, 9.17) is 0 Å². The molecule has 1 saturated heterocycles. The average Bonchev–Trinajstić information content (AvgIpc) is 2.89. The minimum absolute atomic E-state index is 0.320. The molecule has 3 heteroatoms. The monoisotopic (exact) mass is 339 g/mol. The largest absolute Gasteiger partial charge is 0.342 e. The summed E-state index contributed by atoms with van der Waals surface area (Å²) >= 11 is 1.99. The first-order chi connectivity index (χ1) is 11.8. The summed E-state index contributed by atoms with van der Waals surface area (Å²) in [5.41, 5.74) is 2.71. The van der Waals surface area contributed by atoms with Gasteiger partial charge in [-0.3, -0.25) is 4.79 Å². The quantitative estimate of drug-likeness (QED) is 0.786. The smallest absolute Gasteiger partial charge is 0.222 e. The van der Waals surface area contributed by atoms with Crippen LogP contribution in [0.15, 0.2) is 60.7 Å². The Morgan fingerprint density at radius 2 is 1.71 bits per heavy atom. The van der Waals surface area contributed by atoms with E-state index in [0.717, 1.165) is 38.1 Å². The molecule has 0 N–H and O–H groups in total. The standard InChI is InChI=1S/C21H25NOS/c23-21(13-7-10-18-8-3-1-4-9-18)22-15-14-20(24-17-16-22)19-11-5-2-6-12-19/h1-6,8-9,11-12,20H,7,10,13-17H2. The summed E-state index contributed by atoms with van der Waals surface area (Å²) in [7, 11) is 0. The Hall–Kier alpha value is -1.74. The van der Waals surface area contributed by atoms with Gasteiger partial charge in [0.05, 0.1) is 0 Å². The molecule has 1 aliphatic rings. The van der Waals surface area contributed by atoms with Crippen molar-refractivity contribution in [2.45, 2.75) is 30.9 Å². The lowest BCUT2D eigenvalue weighted by atomic mass is 10.1. The zero-order valence-corrected chi connectivity index (χ0v) is 14.9. The summed E-state index contributed by atoms with van der Waals surface area (Å²) in [5.74, 6) is 1.35. The van der Waals surface area contributed by atoms with Gasteiger partial charge in [-0.1, -0.05) is 60.7 Å². The maximum Gasteiger partial charge on any atom is 0.222 e. The number of carbonyl (C=O) groups is 1. The fourth-order valence-corrected chi connectivity index (χ4v) is 4.43. The number of amides is 1. The molecule has 3 rings (SSSR count). The van der Waals surface area contributed by atoms with Crippen LogP contribution >= 0.6 is 11.8 Å². The second kappa shape index (κ2) is 8.93. The van der Waals surface area contributed by atoms with Crippen LogP contribution in [0.5, 0.6) is 0 Å². The van der Waals surface area contributed by atoms with Gasteiger partial charge in [-0.2, -0.15) is 11.8 Å². The number of rotatable bonds is 5. The third-order valence-corrected chi connectivity index (χ3v) is 5.89. The lowest BCUT2D eigenvalue weighted by Crippen LogP contribution is -2.32. The van der Waals surface area contributed by atoms with Gasteiger partial charge >= 0.3 is 0 Å². The van der Waals surface area contributed by atoms with E-state index in [-0.39, 0.29) is 0 Å². The summed E-state index contributed by atoms with van der Waals surface area (Å²) in [6.45, 7) is 1.77. The van der Waals surface area contributed by atoms with Gasteiger partial charge in [0.25, 0.3) is 0 Å². The predicted octanol–water partition coefficient (Wildman–Crippen LogP) is 4.72. The number of nitrogens with zero attached hydrogens (tertiary/aromatic N) is 1. The molecule has 0 saturated carbocycles. The van der Waals surface area contributed by atoms with Crippen LogP contribution in [0.3, 0.4) is 0 Å². The lowest BCUT2D eigenvalue weighted by Gasteiger charge is -2.20. The van der Waals surface area contributed by atoms with E-state index in [1.807, 2.05) is 17.8 Å². The molecule has 1 heterocycles. The zero-order valence-electron chi connectivity index (χ0n) is 14.1. The highest BCUT2D eigenvalue weighted by Crippen LogP contribution is 2.34. The topological polar surface area (TPSA) is 20.3 Å². The van der Waals surface area contributed by atoms with Gasteiger partial charge < -0.3 is 4.90 Å². The molecule has 1 fully saturated rings. The normalized spacial score (nSPS) is 18.2. The molecule has 0 spiro atoms. The Morgan fingerprint density at radius 1 is 1.00 bits per heavy atom. The molecule has 1 atom stereocenters. The van der Waals surface area contributed by atoms with Crippen molar-refractivity contribution in [2.75, 3.05) is 18.8 Å². The molecule has 2 aromatic carbocycles. The molecule has 126 valence electrons. The maximum atomic E-state index is 12.5. The van der Waals surface area contributed by atoms with Crippen molar-refractivity contribution in [3.05, 3.63) is 71.8 Å². The van der Waals surface area contributed by atoms with Gasteiger partial charge in [0.2, 0.25) is 5.91 Å². The van der Waals surface area contributed by atoms with E-state index in [1.54, 1.807) is 0 Å². The van der Waals surface area contributed by atoms with Gasteiger partial charge in [-0.15, -0.1) is 0 Å². The number of thioether (sulfide) groups is 1. The molecular weight excluding hydrogens is 314 g/mol. The van der Waals surface area contributed by atoms with Crippen molar-refractivity contribution < 1.29 is 4.79 Å². The van der Waals surface area contributed by atoms with Crippen molar-refractivity contribution in [1.29, 1.82) is 0 Å². The minimum Gasteiger partial charge on any atom is -0.342 e. The van der Waals surface area contributed by atoms with Gasteiger partial charge in [-0.05, 0) is 30.4 Å². The third kappa shape index (κ3) is 4.88. The molecule has 1 aliphatic heterocycles. The first kappa shape index (κ1) is 17.1. The van der Waals surface area contributed by atoms with Crippen molar-refractivity contribution >= 4 is 17.7 Å². The van der Waals surface area contributed by atoms with E-state index < -0.39 is 0 Å². The highest BCUT2D eigenvalue weighted by Gasteiger charge is 2.21. The molecule has 1 amide bonds. The molecule has 2 nitrogen and oxygen atoms in total. The Balaban J connectivity index is 1.46. The molecule has 0 bridgehead atoms. The molecule has 0 aromatic heterocycles. The Kier molecular flexibility index (Phi) is 6.36. The highest BCUT2D eigenvalue weighted by molar-refractivity contribution is 7.99. The molecule has 0 radical (unpaired) electrons. The molecule has 0 aliphatic carbocycles. The maximum absolute atomic E-state index is 12.5. The Morgan fingerprint density at radius 3 is 2.46 bits per heavy atom. The summed E-state index contributed by atoms with van der Waals surface area (Å²) in [4.78, 5) is 14.6. The van der Waals surface area contributed by atoms with Gasteiger partial charge in [0.15, 0.2) is 0 Å². The van der Waals surface area contributed by atoms with Crippen molar-refractivity contribution in [3.63, 3.8) is 0 Å². The fraction of sp³-hybridized carbons (Fsp3) is 0.381. The number of benzene rings is 2. The van der Waals surface area contributed by atoms with Gasteiger partial charge in [0, 0.05) is 30.5 Å². The van der Waals surface area contributed by atoms with Crippen LogP contribution in [0.2, 0.25) is 0 Å². The SMILES string of the molecule is O=C(CCCc1ccccc1)N1CCSC(c2ccccc2)CC1. The molecule has 2 aromatic rings. The van der Waals surface area contributed by atoms with Crippen molar-refractivity contribution in [1.82, 2.24) is 4.90 Å². The van der Waals surface area contributed by atoms with E-state index in [2.05, 4.69) is 59.5 Å². The van der Waals surface area contributed by atoms with E-state index >= 15 is 0 Å². The van der Waals surface area contributed by atoms with E-state index in [0.29, 0.717) is 17.6 Å². The van der Waals surface area contributed by atoms with Crippen LogP contribution in [0.4, 0.5) is 0 Å². The minimum atomic E-state index is 0.320. The van der Waals surface area contributed by atoms with Crippen LogP contribution in [0.1, 0.15) is 35.6 Å². The summed E-state index contributed by atoms with van der Waals surface area (Å²) in [6.07, 6.45) is 3.64. The Labute approximate surface area is 149 Å². The zero-order chi connectivity index (χ0) is 16.6. The molecule has 1 unspecified atom stereocenters. The summed E-state index contributed by atoms with van der Waals surface area (Å²) < 4.78 is 0. The van der Waals surface area contributed by atoms with Crippen LogP contribution in [0.25, 0.3) is 0 Å². The number of hydrogen-bond donors (Lipinski definition) is 0. The van der Waals surface area contributed by atoms with Crippen molar-refractivity contribution in [3.8, 4) is 0 Å². The van der Waals surface area contributed by atoms with Crippen LogP contribution in [-0.4, -0.2) is 29.6 Å². The second-order valence-corrected chi connectivity index (χ2v) is 7.59. The van der Waals surface area contributed by atoms with Crippen LogP contribution in [0, 0.1) is 0 Å². The molecule has 24 heavy (non-hydrogen) atoms. The summed E-state index contributed by atoms with van der Waals surface area (Å²) in [5, 5.41) is 0.522. The highest BCUT2D eigenvalue weighted by atomic mass is 32.2. The average molecular weight is 340 g/mol. The van der Waals surface area contributed by atoms with Gasteiger partial charge in [0.1, 0.15) is 0 Å². The fourth-order valence-electron chi connectivity index (χ4n) is 3.20. The van der Waals surface area contributed by atoms with E-state index in [1.165, 1.54) is 11.1 Å². The summed E-state index contributed by atoms with van der Waals surface area (Å²) in [6, 6.07) is 21.1. The number of carbonyl (C=O) groups excluding carboxylic acids is 1. The number of aryl methyl sites for hydroxylation is 1. The first-order valence-electron chi connectivity index (χ1n) is 8.81. The van der Waals surface area contributed by atoms with Gasteiger partial charge in [-0.25, -0.2) is 0 Å². The van der Waals surface area contributed by atoms with Crippen LogP contribution < -0.4 is 0 Å². The third-order valence-electron chi connectivity index (χ3n) is 4.56. The van der Waals surface area contributed by atoms with Crippen LogP contribution in [-0.2, 0) is 11.2 Å². The second-order valence-electron chi connectivity index (χ2n) is 6.28. The Bertz CT molecular complexity index is 629. The van der Waals surface area contributed by atoms with E-state index in [9.17, 15) is 4.79 Å². The lowest BCUT2D eigenvalue weighted by molar-refractivity contribution is -0.131.